The number of nitrogens with one attached hydrogen (secondary N) is 1. The molecule has 1 aromatic carbocycles. The summed E-state index contributed by atoms with van der Waals surface area (Å²) in [7, 11) is 0. The molecule has 3 aromatic rings. The van der Waals surface area contributed by atoms with Gasteiger partial charge in [-0.3, -0.25) is 4.79 Å². The molecule has 0 saturated carbocycles. The Labute approximate surface area is 144 Å². The molecule has 126 valence electrons. The normalized spacial score (nSPS) is 11.0. The summed E-state index contributed by atoms with van der Waals surface area (Å²) in [5.74, 6) is -0.106. The Hall–Kier alpha value is -3.28. The first-order valence-corrected chi connectivity index (χ1v) is 7.75. The molecule has 0 aliphatic carbocycles. The molecule has 5 nitrogen and oxygen atoms in total. The van der Waals surface area contributed by atoms with Gasteiger partial charge in [-0.05, 0) is 50.2 Å². The molecule has 25 heavy (non-hydrogen) atoms. The molecule has 6 heteroatoms. The molecule has 0 spiro atoms. The molecule has 0 aliphatic rings. The van der Waals surface area contributed by atoms with Gasteiger partial charge in [0.05, 0.1) is 6.21 Å². The molecule has 0 radical (unpaired) electrons. The van der Waals surface area contributed by atoms with Crippen molar-refractivity contribution in [1.82, 2.24) is 15.0 Å². The summed E-state index contributed by atoms with van der Waals surface area (Å²) in [6.45, 7) is 3.93. The van der Waals surface area contributed by atoms with Gasteiger partial charge >= 0.3 is 0 Å². The monoisotopic (exact) mass is 336 g/mol. The van der Waals surface area contributed by atoms with Gasteiger partial charge in [0.15, 0.2) is 0 Å². The maximum atomic E-state index is 13.1. The summed E-state index contributed by atoms with van der Waals surface area (Å²) < 4.78 is 15.2. The fourth-order valence-corrected chi connectivity index (χ4v) is 2.61. The smallest absolute Gasteiger partial charge is 0.271 e. The molecule has 0 fully saturated rings. The number of aryl methyl sites for hydroxylation is 1. The van der Waals surface area contributed by atoms with Gasteiger partial charge in [-0.2, -0.15) is 5.10 Å². The lowest BCUT2D eigenvalue weighted by atomic mass is 10.2. The average Bonchev–Trinajstić information content (AvgIpc) is 2.89. The van der Waals surface area contributed by atoms with Gasteiger partial charge in [0.1, 0.15) is 11.6 Å². The number of amides is 1. The third-order valence-electron chi connectivity index (χ3n) is 3.81. The molecule has 0 bridgehead atoms. The van der Waals surface area contributed by atoms with Crippen LogP contribution in [0.2, 0.25) is 0 Å². The first-order valence-electron chi connectivity index (χ1n) is 7.75. The van der Waals surface area contributed by atoms with Crippen LogP contribution in [0.4, 0.5) is 4.39 Å². The summed E-state index contributed by atoms with van der Waals surface area (Å²) >= 11 is 0. The Morgan fingerprint density at radius 2 is 2.04 bits per heavy atom. The van der Waals surface area contributed by atoms with Crippen LogP contribution in [0, 0.1) is 19.7 Å². The van der Waals surface area contributed by atoms with Crippen LogP contribution in [0.15, 0.2) is 59.8 Å². The van der Waals surface area contributed by atoms with Gasteiger partial charge in [0.25, 0.3) is 5.91 Å². The third kappa shape index (κ3) is 3.63. The minimum absolute atomic E-state index is 0.219. The van der Waals surface area contributed by atoms with E-state index in [4.69, 9.17) is 0 Å². The fraction of sp³-hybridized carbons (Fsp3) is 0.105. The maximum Gasteiger partial charge on any atom is 0.271 e. The predicted octanol–water partition coefficient (Wildman–Crippen LogP) is 3.39. The molecule has 0 atom stereocenters. The highest BCUT2D eigenvalue weighted by atomic mass is 19.1. The number of rotatable bonds is 4. The summed E-state index contributed by atoms with van der Waals surface area (Å²) in [5.41, 5.74) is 5.46. The molecular formula is C19H17FN4O. The van der Waals surface area contributed by atoms with Crippen LogP contribution in [0.1, 0.15) is 27.3 Å². The quantitative estimate of drug-likeness (QED) is 0.586. The minimum atomic E-state index is -0.464. The van der Waals surface area contributed by atoms with E-state index >= 15 is 0 Å². The van der Waals surface area contributed by atoms with E-state index in [1.807, 2.05) is 42.7 Å². The molecule has 1 amide bonds. The SMILES string of the molecule is Cc1cc(/C=N\NC(=O)c2cccc(F)c2)c(C)n1-c1ccccn1. The van der Waals surface area contributed by atoms with E-state index in [0.29, 0.717) is 0 Å². The van der Waals surface area contributed by atoms with E-state index in [0.717, 1.165) is 28.8 Å². The van der Waals surface area contributed by atoms with Crippen molar-refractivity contribution in [2.45, 2.75) is 13.8 Å². The van der Waals surface area contributed by atoms with Crippen molar-refractivity contribution >= 4 is 12.1 Å². The molecule has 1 N–H and O–H groups in total. The topological polar surface area (TPSA) is 59.3 Å². The lowest BCUT2D eigenvalue weighted by molar-refractivity contribution is 0.0954. The highest BCUT2D eigenvalue weighted by Gasteiger charge is 2.10. The van der Waals surface area contributed by atoms with E-state index in [-0.39, 0.29) is 5.56 Å². The first-order chi connectivity index (χ1) is 12.1. The Morgan fingerprint density at radius 1 is 1.20 bits per heavy atom. The van der Waals surface area contributed by atoms with Crippen molar-refractivity contribution < 1.29 is 9.18 Å². The Morgan fingerprint density at radius 3 is 2.76 bits per heavy atom. The van der Waals surface area contributed by atoms with Gasteiger partial charge in [0.2, 0.25) is 0 Å². The number of hydrogen-bond donors (Lipinski definition) is 1. The zero-order valence-corrected chi connectivity index (χ0v) is 13.9. The highest BCUT2D eigenvalue weighted by Crippen LogP contribution is 2.17. The summed E-state index contributed by atoms with van der Waals surface area (Å²) in [6.07, 6.45) is 3.31. The minimum Gasteiger partial charge on any atom is -0.303 e. The molecule has 0 aliphatic heterocycles. The highest BCUT2D eigenvalue weighted by molar-refractivity contribution is 5.95. The second-order valence-corrected chi connectivity index (χ2v) is 5.56. The zero-order valence-electron chi connectivity index (χ0n) is 13.9. The maximum absolute atomic E-state index is 13.1. The molecule has 2 heterocycles. The van der Waals surface area contributed by atoms with Gasteiger partial charge in [-0.25, -0.2) is 14.8 Å². The number of pyridine rings is 1. The summed E-state index contributed by atoms with van der Waals surface area (Å²) in [5, 5.41) is 3.98. The standard InChI is InChI=1S/C19H17FN4O/c1-13-10-16(14(2)24(13)18-8-3-4-9-21-18)12-22-23-19(25)15-6-5-7-17(20)11-15/h3-12H,1-2H3,(H,23,25)/b22-12-. The number of aromatic nitrogens is 2. The van der Waals surface area contributed by atoms with Crippen molar-refractivity contribution in [2.24, 2.45) is 5.10 Å². The lowest BCUT2D eigenvalue weighted by Gasteiger charge is -2.07. The van der Waals surface area contributed by atoms with Crippen molar-refractivity contribution in [3.8, 4) is 5.82 Å². The van der Waals surface area contributed by atoms with Crippen LogP contribution in [0.3, 0.4) is 0 Å². The molecule has 0 unspecified atom stereocenters. The largest absolute Gasteiger partial charge is 0.303 e. The third-order valence-corrected chi connectivity index (χ3v) is 3.81. The molecule has 3 rings (SSSR count). The number of nitrogens with zero attached hydrogens (tertiary/aromatic N) is 3. The van der Waals surface area contributed by atoms with Crippen LogP contribution < -0.4 is 5.43 Å². The number of carbonyl (C=O) groups is 1. The summed E-state index contributed by atoms with van der Waals surface area (Å²) in [6, 6.07) is 13.1. The van der Waals surface area contributed by atoms with Crippen LogP contribution in [-0.2, 0) is 0 Å². The predicted molar refractivity (Wildman–Crippen MR) is 94.5 cm³/mol. The lowest BCUT2D eigenvalue weighted by Crippen LogP contribution is -2.17. The van der Waals surface area contributed by atoms with E-state index in [1.165, 1.54) is 18.2 Å². The number of benzene rings is 1. The van der Waals surface area contributed by atoms with Crippen molar-refractivity contribution in [3.05, 3.63) is 83.1 Å². The second-order valence-electron chi connectivity index (χ2n) is 5.56. The van der Waals surface area contributed by atoms with Crippen molar-refractivity contribution in [2.75, 3.05) is 0 Å². The van der Waals surface area contributed by atoms with Gasteiger partial charge < -0.3 is 4.57 Å². The molecule has 2 aromatic heterocycles. The number of carbonyl (C=O) groups excluding carboxylic acids is 1. The molecular weight excluding hydrogens is 319 g/mol. The van der Waals surface area contributed by atoms with Crippen LogP contribution in [0.5, 0.6) is 0 Å². The first kappa shape index (κ1) is 16.6. The number of hydrazone groups is 1. The van der Waals surface area contributed by atoms with E-state index in [9.17, 15) is 9.18 Å². The van der Waals surface area contributed by atoms with Gasteiger partial charge in [-0.1, -0.05) is 12.1 Å². The van der Waals surface area contributed by atoms with Crippen LogP contribution in [0.25, 0.3) is 5.82 Å². The number of halogens is 1. The Kier molecular flexibility index (Phi) is 4.70. The second kappa shape index (κ2) is 7.09. The average molecular weight is 336 g/mol. The van der Waals surface area contributed by atoms with E-state index in [2.05, 4.69) is 15.5 Å². The van der Waals surface area contributed by atoms with E-state index < -0.39 is 11.7 Å². The molecule has 0 saturated heterocycles. The zero-order chi connectivity index (χ0) is 17.8. The van der Waals surface area contributed by atoms with Crippen molar-refractivity contribution in [3.63, 3.8) is 0 Å². The van der Waals surface area contributed by atoms with E-state index in [1.54, 1.807) is 12.4 Å². The Balaban J connectivity index is 1.77. The Bertz CT molecular complexity index is 932. The van der Waals surface area contributed by atoms with Gasteiger partial charge in [-0.15, -0.1) is 0 Å². The fourth-order valence-electron chi connectivity index (χ4n) is 2.61. The number of hydrogen-bond acceptors (Lipinski definition) is 3. The van der Waals surface area contributed by atoms with Crippen molar-refractivity contribution in [1.29, 1.82) is 0 Å². The summed E-state index contributed by atoms with van der Waals surface area (Å²) in [4.78, 5) is 16.3. The van der Waals surface area contributed by atoms with Crippen LogP contribution in [-0.4, -0.2) is 21.7 Å². The van der Waals surface area contributed by atoms with Gasteiger partial charge in [0, 0.05) is 28.7 Å². The van der Waals surface area contributed by atoms with Crippen LogP contribution >= 0.6 is 0 Å².